The summed E-state index contributed by atoms with van der Waals surface area (Å²) in [5, 5.41) is 7.46. The number of likely N-dealkylation sites (tertiary alicyclic amines) is 1. The van der Waals surface area contributed by atoms with Crippen LogP contribution >= 0.6 is 0 Å². The lowest BCUT2D eigenvalue weighted by molar-refractivity contribution is 0.0777. The molecule has 0 radical (unpaired) electrons. The fraction of sp³-hybridized carbons (Fsp3) is 0.611. The van der Waals surface area contributed by atoms with Crippen LogP contribution in [0.3, 0.4) is 0 Å². The van der Waals surface area contributed by atoms with Crippen molar-refractivity contribution in [1.29, 1.82) is 0 Å². The molecule has 1 N–H and O–H groups in total. The van der Waals surface area contributed by atoms with Crippen LogP contribution in [0.5, 0.6) is 5.88 Å². The molecule has 4 rings (SSSR count). The number of ether oxygens (including phenoxy) is 1. The first-order valence-corrected chi connectivity index (χ1v) is 9.14. The molecule has 8 heteroatoms. The van der Waals surface area contributed by atoms with Crippen molar-refractivity contribution >= 4 is 5.91 Å². The topological polar surface area (TPSA) is 96.9 Å². The summed E-state index contributed by atoms with van der Waals surface area (Å²) in [6.07, 6.45) is 5.45. The normalized spacial score (nSPS) is 22.8. The number of hydrogen-bond acceptors (Lipinski definition) is 6. The first-order chi connectivity index (χ1) is 12.6. The van der Waals surface area contributed by atoms with Gasteiger partial charge in [-0.05, 0) is 24.7 Å². The average molecular weight is 356 g/mol. The van der Waals surface area contributed by atoms with Gasteiger partial charge in [-0.25, -0.2) is 9.97 Å². The van der Waals surface area contributed by atoms with E-state index in [2.05, 4.69) is 34.0 Å². The van der Waals surface area contributed by atoms with Gasteiger partial charge in [-0.15, -0.1) is 0 Å². The van der Waals surface area contributed by atoms with Gasteiger partial charge in [-0.1, -0.05) is 13.8 Å². The van der Waals surface area contributed by atoms with Crippen molar-refractivity contribution in [1.82, 2.24) is 30.0 Å². The summed E-state index contributed by atoms with van der Waals surface area (Å²) >= 11 is 0. The van der Waals surface area contributed by atoms with Gasteiger partial charge >= 0.3 is 0 Å². The van der Waals surface area contributed by atoms with E-state index in [1.54, 1.807) is 0 Å². The van der Waals surface area contributed by atoms with Gasteiger partial charge in [0.2, 0.25) is 5.88 Å². The third-order valence-electron chi connectivity index (χ3n) is 5.31. The van der Waals surface area contributed by atoms with Gasteiger partial charge < -0.3 is 9.64 Å². The van der Waals surface area contributed by atoms with Crippen molar-refractivity contribution in [2.75, 3.05) is 20.2 Å². The highest BCUT2D eigenvalue weighted by atomic mass is 16.5. The first kappa shape index (κ1) is 16.9. The summed E-state index contributed by atoms with van der Waals surface area (Å²) in [6.45, 7) is 5.52. The Balaban J connectivity index is 1.56. The third kappa shape index (κ3) is 3.15. The van der Waals surface area contributed by atoms with Crippen LogP contribution in [0.25, 0.3) is 0 Å². The molecule has 0 unspecified atom stereocenters. The van der Waals surface area contributed by atoms with E-state index in [1.807, 2.05) is 4.90 Å². The van der Waals surface area contributed by atoms with Crippen molar-refractivity contribution in [2.45, 2.75) is 38.5 Å². The largest absolute Gasteiger partial charge is 0.480 e. The van der Waals surface area contributed by atoms with Crippen molar-refractivity contribution in [3.8, 4) is 5.88 Å². The third-order valence-corrected chi connectivity index (χ3v) is 5.31. The molecule has 1 saturated heterocycles. The number of carbonyl (C=O) groups excluding carboxylic acids is 1. The fourth-order valence-electron chi connectivity index (χ4n) is 3.71. The average Bonchev–Trinajstić information content (AvgIpc) is 3.21. The van der Waals surface area contributed by atoms with Gasteiger partial charge in [0, 0.05) is 24.9 Å². The van der Waals surface area contributed by atoms with Gasteiger partial charge in [0.15, 0.2) is 11.5 Å². The lowest BCUT2D eigenvalue weighted by Crippen LogP contribution is -2.30. The molecule has 2 aromatic rings. The molecule has 1 aliphatic heterocycles. The number of nitrogens with one attached hydrogen (secondary N) is 1. The van der Waals surface area contributed by atoms with Gasteiger partial charge in [0.1, 0.15) is 5.82 Å². The van der Waals surface area contributed by atoms with E-state index in [4.69, 9.17) is 9.72 Å². The number of H-pyrrole nitrogens is 1. The first-order valence-electron chi connectivity index (χ1n) is 9.14. The van der Waals surface area contributed by atoms with Gasteiger partial charge in [-0.2, -0.15) is 5.10 Å². The Morgan fingerprint density at radius 3 is 2.73 bits per heavy atom. The number of methoxy groups -OCH3 is 1. The molecule has 2 aliphatic rings. The van der Waals surface area contributed by atoms with E-state index >= 15 is 0 Å². The zero-order valence-corrected chi connectivity index (χ0v) is 15.3. The van der Waals surface area contributed by atoms with E-state index in [9.17, 15) is 4.79 Å². The molecule has 138 valence electrons. The molecule has 0 aromatic carbocycles. The van der Waals surface area contributed by atoms with Crippen LogP contribution in [0.15, 0.2) is 12.4 Å². The highest BCUT2D eigenvalue weighted by Gasteiger charge is 2.46. The second-order valence-electron chi connectivity index (χ2n) is 7.50. The van der Waals surface area contributed by atoms with Crippen LogP contribution in [0.1, 0.15) is 60.7 Å². The number of carbonyl (C=O) groups is 1. The molecule has 2 atom stereocenters. The minimum Gasteiger partial charge on any atom is -0.480 e. The maximum atomic E-state index is 12.9. The summed E-state index contributed by atoms with van der Waals surface area (Å²) in [6, 6.07) is 0. The van der Waals surface area contributed by atoms with Crippen LogP contribution < -0.4 is 4.74 Å². The van der Waals surface area contributed by atoms with E-state index < -0.39 is 0 Å². The standard InChI is InChI=1S/C18H24N6O2/c1-10(2)16-21-17(23-22-16)13-9-24(8-12(13)11-4-5-11)18(25)14-6-19-7-15(20-14)26-3/h6-7,10-13H,4-5,8-9H2,1-3H3,(H,21,22,23)/t12-,13+/m1/s1. The zero-order valence-electron chi connectivity index (χ0n) is 15.3. The Morgan fingerprint density at radius 1 is 1.27 bits per heavy atom. The predicted molar refractivity (Wildman–Crippen MR) is 93.9 cm³/mol. The minimum atomic E-state index is -0.104. The molecule has 0 bridgehead atoms. The molecule has 1 aliphatic carbocycles. The number of rotatable bonds is 5. The van der Waals surface area contributed by atoms with Crippen LogP contribution in [-0.2, 0) is 0 Å². The van der Waals surface area contributed by atoms with Gasteiger partial charge in [0.05, 0.1) is 19.5 Å². The Morgan fingerprint density at radius 2 is 2.08 bits per heavy atom. The highest BCUT2D eigenvalue weighted by Crippen LogP contribution is 2.47. The fourth-order valence-corrected chi connectivity index (χ4v) is 3.71. The monoisotopic (exact) mass is 356 g/mol. The number of aromatic nitrogens is 5. The molecule has 1 saturated carbocycles. The van der Waals surface area contributed by atoms with Crippen molar-refractivity contribution < 1.29 is 9.53 Å². The second-order valence-corrected chi connectivity index (χ2v) is 7.50. The summed E-state index contributed by atoms with van der Waals surface area (Å²) in [5.41, 5.74) is 0.319. The molecule has 2 fully saturated rings. The van der Waals surface area contributed by atoms with E-state index in [1.165, 1.54) is 32.3 Å². The van der Waals surface area contributed by atoms with Gasteiger partial charge in [0.25, 0.3) is 5.91 Å². The quantitative estimate of drug-likeness (QED) is 0.880. The maximum Gasteiger partial charge on any atom is 0.274 e. The number of nitrogens with zero attached hydrogens (tertiary/aromatic N) is 5. The van der Waals surface area contributed by atoms with Crippen LogP contribution in [0.4, 0.5) is 0 Å². The highest BCUT2D eigenvalue weighted by molar-refractivity contribution is 5.92. The Kier molecular flexibility index (Phi) is 4.34. The van der Waals surface area contributed by atoms with Crippen molar-refractivity contribution in [3.63, 3.8) is 0 Å². The van der Waals surface area contributed by atoms with E-state index in [-0.39, 0.29) is 17.7 Å². The van der Waals surface area contributed by atoms with Gasteiger partial charge in [-0.3, -0.25) is 14.9 Å². The lowest BCUT2D eigenvalue weighted by atomic mass is 9.91. The van der Waals surface area contributed by atoms with Crippen LogP contribution in [0.2, 0.25) is 0 Å². The molecular formula is C18H24N6O2. The Labute approximate surface area is 152 Å². The van der Waals surface area contributed by atoms with Crippen molar-refractivity contribution in [3.05, 3.63) is 29.7 Å². The number of aromatic amines is 1. The molecular weight excluding hydrogens is 332 g/mol. The molecule has 8 nitrogen and oxygen atoms in total. The van der Waals surface area contributed by atoms with Crippen LogP contribution in [-0.4, -0.2) is 56.2 Å². The molecule has 3 heterocycles. The summed E-state index contributed by atoms with van der Waals surface area (Å²) < 4.78 is 5.08. The van der Waals surface area contributed by atoms with E-state index in [0.29, 0.717) is 30.0 Å². The Bertz CT molecular complexity index is 800. The molecule has 2 aromatic heterocycles. The predicted octanol–water partition coefficient (Wildman–Crippen LogP) is 1.99. The molecule has 0 spiro atoms. The number of amides is 1. The smallest absolute Gasteiger partial charge is 0.274 e. The van der Waals surface area contributed by atoms with Crippen LogP contribution in [0, 0.1) is 11.8 Å². The second kappa shape index (κ2) is 6.66. The minimum absolute atomic E-state index is 0.104. The molecule has 26 heavy (non-hydrogen) atoms. The maximum absolute atomic E-state index is 12.9. The summed E-state index contributed by atoms with van der Waals surface area (Å²) in [7, 11) is 1.52. The zero-order chi connectivity index (χ0) is 18.3. The summed E-state index contributed by atoms with van der Waals surface area (Å²) in [4.78, 5) is 27.8. The Hall–Kier alpha value is -2.51. The summed E-state index contributed by atoms with van der Waals surface area (Å²) in [5.74, 6) is 3.55. The van der Waals surface area contributed by atoms with E-state index in [0.717, 1.165) is 18.2 Å². The van der Waals surface area contributed by atoms with Crippen molar-refractivity contribution in [2.24, 2.45) is 11.8 Å². The lowest BCUT2D eigenvalue weighted by Gasteiger charge is -2.15. The SMILES string of the molecule is COc1cncc(C(=O)N2C[C@H](c3nc(C(C)C)n[nH]3)[C@@H](C3CC3)C2)n1. The molecule has 1 amide bonds. The number of hydrogen-bond donors (Lipinski definition) is 1.